The zero-order valence-electron chi connectivity index (χ0n) is 20.6. The number of rotatable bonds is 8. The molecule has 0 N–H and O–H groups in total. The van der Waals surface area contributed by atoms with E-state index in [0.29, 0.717) is 12.1 Å². The summed E-state index contributed by atoms with van der Waals surface area (Å²) in [6.07, 6.45) is 7.45. The maximum absolute atomic E-state index is 13.4. The average molecular weight is 507 g/mol. The second-order valence-electron chi connectivity index (χ2n) is 8.49. The fourth-order valence-electron chi connectivity index (χ4n) is 4.00. The van der Waals surface area contributed by atoms with Crippen LogP contribution in [0.15, 0.2) is 107 Å². The maximum Gasteiger partial charge on any atom is 0.255 e. The first-order valence-corrected chi connectivity index (χ1v) is 12.6. The summed E-state index contributed by atoms with van der Waals surface area (Å²) in [6.45, 7) is 0.489. The van der Waals surface area contributed by atoms with Gasteiger partial charge in [0.2, 0.25) is 0 Å². The van der Waals surface area contributed by atoms with Gasteiger partial charge in [0.15, 0.2) is 0 Å². The molecule has 0 saturated heterocycles. The molecular formula is C30H26N4O2S. The van der Waals surface area contributed by atoms with Crippen molar-refractivity contribution in [3.63, 3.8) is 0 Å². The highest BCUT2D eigenvalue weighted by atomic mass is 32.2. The van der Waals surface area contributed by atoms with Crippen LogP contribution in [0.4, 0.5) is 0 Å². The van der Waals surface area contributed by atoms with Crippen molar-refractivity contribution in [2.24, 2.45) is 0 Å². The summed E-state index contributed by atoms with van der Waals surface area (Å²) >= 11 is 1.57. The summed E-state index contributed by atoms with van der Waals surface area (Å²) < 4.78 is 7.16. The quantitative estimate of drug-likeness (QED) is 0.241. The molecule has 0 saturated carbocycles. The van der Waals surface area contributed by atoms with Crippen LogP contribution in [0.5, 0.6) is 5.75 Å². The molecule has 0 bridgehead atoms. The Morgan fingerprint density at radius 1 is 1.03 bits per heavy atom. The largest absolute Gasteiger partial charge is 0.497 e. The summed E-state index contributed by atoms with van der Waals surface area (Å²) in [4.78, 5) is 21.4. The van der Waals surface area contributed by atoms with Gasteiger partial charge in [-0.3, -0.25) is 9.78 Å². The molecule has 3 aromatic carbocycles. The molecule has 5 rings (SSSR count). The minimum Gasteiger partial charge on any atom is -0.497 e. The van der Waals surface area contributed by atoms with Crippen LogP contribution >= 0.6 is 11.8 Å². The lowest BCUT2D eigenvalue weighted by Gasteiger charge is -2.19. The second-order valence-corrected chi connectivity index (χ2v) is 9.61. The third-order valence-electron chi connectivity index (χ3n) is 5.89. The van der Waals surface area contributed by atoms with Crippen LogP contribution in [-0.4, -0.2) is 39.7 Å². The van der Waals surface area contributed by atoms with E-state index in [-0.39, 0.29) is 5.91 Å². The van der Waals surface area contributed by atoms with Gasteiger partial charge < -0.3 is 9.64 Å². The van der Waals surface area contributed by atoms with Gasteiger partial charge in [-0.15, -0.1) is 0 Å². The van der Waals surface area contributed by atoms with E-state index in [1.165, 1.54) is 0 Å². The fraction of sp³-hybridized carbons (Fsp3) is 0.100. The third-order valence-corrected chi connectivity index (χ3v) is 6.96. The van der Waals surface area contributed by atoms with Gasteiger partial charge in [-0.1, -0.05) is 48.2 Å². The lowest BCUT2D eigenvalue weighted by Crippen LogP contribution is -2.26. The topological polar surface area (TPSA) is 60.2 Å². The first kappa shape index (κ1) is 24.3. The predicted molar refractivity (Wildman–Crippen MR) is 149 cm³/mol. The average Bonchev–Trinajstić information content (AvgIpc) is 3.34. The molecule has 0 aliphatic carbocycles. The number of hydrogen-bond donors (Lipinski definition) is 0. The minimum absolute atomic E-state index is 0.0321. The van der Waals surface area contributed by atoms with E-state index >= 15 is 0 Å². The summed E-state index contributed by atoms with van der Waals surface area (Å²) in [5, 5.41) is 5.54. The normalized spacial score (nSPS) is 11.2. The molecule has 0 aliphatic heterocycles. The molecule has 184 valence electrons. The number of carbonyl (C=O) groups is 1. The third kappa shape index (κ3) is 5.73. The van der Waals surface area contributed by atoms with Crippen molar-refractivity contribution in [1.29, 1.82) is 0 Å². The number of nitrogens with zero attached hydrogens (tertiary/aromatic N) is 4. The SMILES string of the molecule is COc1cccc(CN(C)C(=O)c2ccccc2Sc2ccc3cnn(C=Cc4ccccn4)c3c2)c1. The zero-order chi connectivity index (χ0) is 25.6. The van der Waals surface area contributed by atoms with Crippen LogP contribution in [0, 0.1) is 0 Å². The van der Waals surface area contributed by atoms with E-state index in [4.69, 9.17) is 4.74 Å². The van der Waals surface area contributed by atoms with Gasteiger partial charge in [-0.25, -0.2) is 4.68 Å². The van der Waals surface area contributed by atoms with Crippen molar-refractivity contribution in [1.82, 2.24) is 19.7 Å². The Bertz CT molecular complexity index is 1560. The summed E-state index contributed by atoms with van der Waals surface area (Å²) in [6, 6.07) is 27.5. The number of fused-ring (bicyclic) bond motifs is 1. The molecule has 5 aromatic rings. The first-order chi connectivity index (χ1) is 18.1. The number of aromatic nitrogens is 3. The molecular weight excluding hydrogens is 480 g/mol. The van der Waals surface area contributed by atoms with Crippen LogP contribution in [0.2, 0.25) is 0 Å². The highest BCUT2D eigenvalue weighted by Gasteiger charge is 2.17. The van der Waals surface area contributed by atoms with Crippen molar-refractivity contribution < 1.29 is 9.53 Å². The predicted octanol–water partition coefficient (Wildman–Crippen LogP) is 6.49. The van der Waals surface area contributed by atoms with Gasteiger partial charge in [0.25, 0.3) is 5.91 Å². The highest BCUT2D eigenvalue weighted by molar-refractivity contribution is 7.99. The Kier molecular flexibility index (Phi) is 7.33. The summed E-state index contributed by atoms with van der Waals surface area (Å²) in [5.74, 6) is 0.745. The molecule has 0 unspecified atom stereocenters. The van der Waals surface area contributed by atoms with Crippen LogP contribution < -0.4 is 4.74 Å². The molecule has 2 heterocycles. The molecule has 2 aromatic heterocycles. The first-order valence-electron chi connectivity index (χ1n) is 11.8. The highest BCUT2D eigenvalue weighted by Crippen LogP contribution is 2.33. The number of methoxy groups -OCH3 is 1. The molecule has 0 radical (unpaired) electrons. The molecule has 1 amide bonds. The lowest BCUT2D eigenvalue weighted by atomic mass is 10.1. The van der Waals surface area contributed by atoms with Crippen molar-refractivity contribution in [2.75, 3.05) is 14.2 Å². The Balaban J connectivity index is 1.37. The van der Waals surface area contributed by atoms with E-state index in [9.17, 15) is 4.79 Å². The van der Waals surface area contributed by atoms with Crippen LogP contribution in [0.25, 0.3) is 23.2 Å². The van der Waals surface area contributed by atoms with Gasteiger partial charge in [-0.05, 0) is 60.2 Å². The molecule has 6 nitrogen and oxygen atoms in total. The maximum atomic E-state index is 13.4. The monoisotopic (exact) mass is 506 g/mol. The van der Waals surface area contributed by atoms with Gasteiger partial charge in [0.05, 0.1) is 30.1 Å². The molecule has 7 heteroatoms. The van der Waals surface area contributed by atoms with Gasteiger partial charge in [-0.2, -0.15) is 5.10 Å². The Morgan fingerprint density at radius 3 is 2.73 bits per heavy atom. The number of hydrogen-bond acceptors (Lipinski definition) is 5. The molecule has 0 atom stereocenters. The molecule has 0 fully saturated rings. The lowest BCUT2D eigenvalue weighted by molar-refractivity contribution is 0.0781. The van der Waals surface area contributed by atoms with Crippen molar-refractivity contribution >= 4 is 40.8 Å². The number of ether oxygens (including phenoxy) is 1. The van der Waals surface area contributed by atoms with E-state index in [1.807, 2.05) is 96.9 Å². The van der Waals surface area contributed by atoms with E-state index in [2.05, 4.69) is 28.3 Å². The van der Waals surface area contributed by atoms with Gasteiger partial charge in [0, 0.05) is 41.2 Å². The van der Waals surface area contributed by atoms with Crippen LogP contribution in [-0.2, 0) is 6.54 Å². The van der Waals surface area contributed by atoms with E-state index in [0.717, 1.165) is 37.7 Å². The van der Waals surface area contributed by atoms with Crippen molar-refractivity contribution in [3.05, 3.63) is 114 Å². The van der Waals surface area contributed by atoms with Crippen LogP contribution in [0.3, 0.4) is 0 Å². The van der Waals surface area contributed by atoms with Crippen LogP contribution in [0.1, 0.15) is 21.6 Å². The number of benzene rings is 3. The van der Waals surface area contributed by atoms with E-state index in [1.54, 1.807) is 30.0 Å². The summed E-state index contributed by atoms with van der Waals surface area (Å²) in [5.41, 5.74) is 3.53. The Hall–Kier alpha value is -4.36. The smallest absolute Gasteiger partial charge is 0.255 e. The second kappa shape index (κ2) is 11.1. The van der Waals surface area contributed by atoms with Crippen molar-refractivity contribution in [2.45, 2.75) is 16.3 Å². The standard InChI is InChI=1S/C30H26N4O2S/c1-33(21-22-8-7-10-25(18-22)36-2)30(35)27-11-3-4-12-29(27)37-26-14-13-23-20-32-34(28(23)19-26)17-15-24-9-5-6-16-31-24/h3-20H,21H2,1-2H3. The fourth-order valence-corrected chi connectivity index (χ4v) is 4.98. The summed E-state index contributed by atoms with van der Waals surface area (Å²) in [7, 11) is 3.46. The Labute approximate surface area is 220 Å². The number of amides is 1. The van der Waals surface area contributed by atoms with E-state index < -0.39 is 0 Å². The van der Waals surface area contributed by atoms with Gasteiger partial charge >= 0.3 is 0 Å². The van der Waals surface area contributed by atoms with Crippen molar-refractivity contribution in [3.8, 4) is 5.75 Å². The molecule has 0 aliphatic rings. The molecule has 0 spiro atoms. The Morgan fingerprint density at radius 2 is 1.89 bits per heavy atom. The number of carbonyl (C=O) groups excluding carboxylic acids is 1. The zero-order valence-corrected chi connectivity index (χ0v) is 21.4. The molecule has 37 heavy (non-hydrogen) atoms. The van der Waals surface area contributed by atoms with Gasteiger partial charge in [0.1, 0.15) is 5.75 Å². The minimum atomic E-state index is -0.0321. The number of pyridine rings is 1.